The first-order chi connectivity index (χ1) is 13.1. The van der Waals surface area contributed by atoms with Crippen LogP contribution in [0.2, 0.25) is 0 Å². The Bertz CT molecular complexity index is 876. The summed E-state index contributed by atoms with van der Waals surface area (Å²) in [5.74, 6) is 1.61. The van der Waals surface area contributed by atoms with Crippen LogP contribution in [0.3, 0.4) is 0 Å². The van der Waals surface area contributed by atoms with Gasteiger partial charge < -0.3 is 15.4 Å². The molecular weight excluding hydrogens is 334 g/mol. The molecular formula is C23H29N3O. The molecule has 4 heteroatoms. The minimum absolute atomic E-state index is 0.666. The van der Waals surface area contributed by atoms with Gasteiger partial charge in [0.1, 0.15) is 12.4 Å². The van der Waals surface area contributed by atoms with Gasteiger partial charge in [0.2, 0.25) is 0 Å². The fraction of sp³-hybridized carbons (Fsp3) is 0.348. The van der Waals surface area contributed by atoms with Gasteiger partial charge >= 0.3 is 0 Å². The molecule has 0 radical (unpaired) electrons. The zero-order valence-electron chi connectivity index (χ0n) is 16.5. The van der Waals surface area contributed by atoms with Gasteiger partial charge in [-0.1, -0.05) is 38.1 Å². The maximum absolute atomic E-state index is 5.89. The molecule has 2 N–H and O–H groups in total. The molecule has 0 aliphatic carbocycles. The maximum Gasteiger partial charge on any atom is 0.121 e. The van der Waals surface area contributed by atoms with E-state index >= 15 is 0 Å². The van der Waals surface area contributed by atoms with Crippen molar-refractivity contribution in [3.8, 4) is 5.75 Å². The number of aromatic nitrogens is 1. The summed E-state index contributed by atoms with van der Waals surface area (Å²) in [6.45, 7) is 9.06. The van der Waals surface area contributed by atoms with Gasteiger partial charge in [-0.05, 0) is 50.1 Å². The molecule has 0 unspecified atom stereocenters. The van der Waals surface area contributed by atoms with Crippen molar-refractivity contribution in [2.75, 3.05) is 25.0 Å². The van der Waals surface area contributed by atoms with Gasteiger partial charge in [-0.3, -0.25) is 4.98 Å². The number of para-hydroxylation sites is 1. The van der Waals surface area contributed by atoms with Crippen LogP contribution in [-0.4, -0.2) is 24.7 Å². The molecule has 0 fully saturated rings. The summed E-state index contributed by atoms with van der Waals surface area (Å²) in [7, 11) is 0. The van der Waals surface area contributed by atoms with Gasteiger partial charge in [0.25, 0.3) is 0 Å². The Balaban J connectivity index is 1.61. The van der Waals surface area contributed by atoms with E-state index in [1.54, 1.807) is 0 Å². The molecule has 4 nitrogen and oxygen atoms in total. The third kappa shape index (κ3) is 5.69. The lowest BCUT2D eigenvalue weighted by atomic mass is 10.1. The molecule has 3 rings (SSSR count). The molecule has 142 valence electrons. The fourth-order valence-corrected chi connectivity index (χ4v) is 2.99. The van der Waals surface area contributed by atoms with E-state index < -0.39 is 0 Å². The number of pyridine rings is 1. The summed E-state index contributed by atoms with van der Waals surface area (Å²) in [6.07, 6.45) is 1.19. The van der Waals surface area contributed by atoms with E-state index in [2.05, 4.69) is 47.7 Å². The number of hydrogen-bond acceptors (Lipinski definition) is 4. The molecule has 2 aromatic carbocycles. The van der Waals surface area contributed by atoms with Gasteiger partial charge in [-0.25, -0.2) is 0 Å². The summed E-state index contributed by atoms with van der Waals surface area (Å²) in [5.41, 5.74) is 4.07. The van der Waals surface area contributed by atoms with Crippen molar-refractivity contribution >= 4 is 22.3 Å². The highest BCUT2D eigenvalue weighted by Crippen LogP contribution is 2.27. The fourth-order valence-electron chi connectivity index (χ4n) is 2.99. The molecule has 3 aromatic rings. The smallest absolute Gasteiger partial charge is 0.121 e. The highest BCUT2D eigenvalue weighted by molar-refractivity contribution is 5.93. The van der Waals surface area contributed by atoms with E-state index in [0.29, 0.717) is 6.61 Å². The average Bonchev–Trinajstić information content (AvgIpc) is 2.64. The molecule has 0 aliphatic heterocycles. The van der Waals surface area contributed by atoms with Crippen molar-refractivity contribution in [2.45, 2.75) is 27.2 Å². The van der Waals surface area contributed by atoms with Crippen LogP contribution in [0.4, 0.5) is 11.4 Å². The number of anilines is 2. The Morgan fingerprint density at radius 1 is 1.00 bits per heavy atom. The van der Waals surface area contributed by atoms with Crippen molar-refractivity contribution in [3.63, 3.8) is 0 Å². The molecule has 0 saturated carbocycles. The van der Waals surface area contributed by atoms with Gasteiger partial charge in [0, 0.05) is 35.1 Å². The lowest BCUT2D eigenvalue weighted by molar-refractivity contribution is 0.312. The van der Waals surface area contributed by atoms with E-state index in [-0.39, 0.29) is 0 Å². The number of fused-ring (bicyclic) bond motifs is 1. The van der Waals surface area contributed by atoms with Gasteiger partial charge in [-0.2, -0.15) is 0 Å². The zero-order valence-corrected chi connectivity index (χ0v) is 16.5. The van der Waals surface area contributed by atoms with E-state index in [1.807, 2.05) is 43.3 Å². The van der Waals surface area contributed by atoms with Crippen molar-refractivity contribution in [1.82, 2.24) is 10.3 Å². The first-order valence-corrected chi connectivity index (χ1v) is 9.69. The summed E-state index contributed by atoms with van der Waals surface area (Å²) >= 11 is 0. The van der Waals surface area contributed by atoms with Crippen LogP contribution in [0, 0.1) is 12.8 Å². The summed E-state index contributed by atoms with van der Waals surface area (Å²) in [4.78, 5) is 4.60. The number of ether oxygens (including phenoxy) is 1. The number of hydrogen-bond donors (Lipinski definition) is 2. The summed E-state index contributed by atoms with van der Waals surface area (Å²) in [5, 5.41) is 8.05. The molecule has 0 spiro atoms. The van der Waals surface area contributed by atoms with E-state index in [9.17, 15) is 0 Å². The van der Waals surface area contributed by atoms with Gasteiger partial charge in [-0.15, -0.1) is 0 Å². The Labute approximate surface area is 162 Å². The average molecular weight is 364 g/mol. The number of benzene rings is 2. The van der Waals surface area contributed by atoms with E-state index in [4.69, 9.17) is 4.74 Å². The number of nitrogens with zero attached hydrogens (tertiary/aromatic N) is 1. The van der Waals surface area contributed by atoms with Crippen LogP contribution in [0.15, 0.2) is 54.6 Å². The first kappa shape index (κ1) is 19.2. The van der Waals surface area contributed by atoms with Crippen LogP contribution < -0.4 is 15.4 Å². The van der Waals surface area contributed by atoms with Crippen LogP contribution in [0.5, 0.6) is 5.75 Å². The van der Waals surface area contributed by atoms with Crippen molar-refractivity contribution < 1.29 is 4.74 Å². The normalized spacial score (nSPS) is 11.1. The lowest BCUT2D eigenvalue weighted by Gasteiger charge is -2.13. The molecule has 0 amide bonds. The molecule has 0 saturated heterocycles. The molecule has 0 bridgehead atoms. The SMILES string of the molecule is Cc1cc(Nc2cccc(OCCNCCC(C)C)c2)c2ccccc2n1. The second-order valence-electron chi connectivity index (χ2n) is 7.26. The van der Waals surface area contributed by atoms with Gasteiger partial charge in [0.15, 0.2) is 0 Å². The highest BCUT2D eigenvalue weighted by Gasteiger charge is 2.05. The van der Waals surface area contributed by atoms with Crippen molar-refractivity contribution in [3.05, 3.63) is 60.3 Å². The maximum atomic E-state index is 5.89. The Morgan fingerprint density at radius 2 is 1.85 bits per heavy atom. The predicted octanol–water partition coefficient (Wildman–Crippen LogP) is 5.30. The topological polar surface area (TPSA) is 46.2 Å². The van der Waals surface area contributed by atoms with Crippen LogP contribution in [0.25, 0.3) is 10.9 Å². The standard InChI is InChI=1S/C23H29N3O/c1-17(2)11-12-24-13-14-27-20-8-6-7-19(16-20)26-23-15-18(3)25-22-10-5-4-9-21(22)23/h4-10,15-17,24H,11-14H2,1-3H3,(H,25,26). The first-order valence-electron chi connectivity index (χ1n) is 9.69. The number of nitrogens with one attached hydrogen (secondary N) is 2. The zero-order chi connectivity index (χ0) is 19.1. The second kappa shape index (κ2) is 9.38. The minimum atomic E-state index is 0.666. The Morgan fingerprint density at radius 3 is 2.70 bits per heavy atom. The second-order valence-corrected chi connectivity index (χ2v) is 7.26. The monoisotopic (exact) mass is 363 g/mol. The Kier molecular flexibility index (Phi) is 6.66. The largest absolute Gasteiger partial charge is 0.492 e. The third-order valence-electron chi connectivity index (χ3n) is 4.40. The van der Waals surface area contributed by atoms with E-state index in [1.165, 1.54) is 6.42 Å². The van der Waals surface area contributed by atoms with Crippen LogP contribution in [0.1, 0.15) is 26.0 Å². The lowest BCUT2D eigenvalue weighted by Crippen LogP contribution is -2.23. The van der Waals surface area contributed by atoms with Crippen molar-refractivity contribution in [1.29, 1.82) is 0 Å². The quantitative estimate of drug-likeness (QED) is 0.506. The summed E-state index contributed by atoms with van der Waals surface area (Å²) < 4.78 is 5.89. The minimum Gasteiger partial charge on any atom is -0.492 e. The van der Waals surface area contributed by atoms with Crippen molar-refractivity contribution in [2.24, 2.45) is 5.92 Å². The molecule has 0 aliphatic rings. The number of rotatable bonds is 9. The van der Waals surface area contributed by atoms with E-state index in [0.717, 1.165) is 52.7 Å². The molecule has 1 heterocycles. The highest BCUT2D eigenvalue weighted by atomic mass is 16.5. The molecule has 27 heavy (non-hydrogen) atoms. The van der Waals surface area contributed by atoms with Crippen LogP contribution in [-0.2, 0) is 0 Å². The summed E-state index contributed by atoms with van der Waals surface area (Å²) in [6, 6.07) is 18.4. The molecule has 0 atom stereocenters. The number of aryl methyl sites for hydroxylation is 1. The van der Waals surface area contributed by atoms with Crippen LogP contribution >= 0.6 is 0 Å². The molecule has 1 aromatic heterocycles. The Hall–Kier alpha value is -2.59. The van der Waals surface area contributed by atoms with Gasteiger partial charge in [0.05, 0.1) is 5.52 Å². The third-order valence-corrected chi connectivity index (χ3v) is 4.40. The predicted molar refractivity (Wildman–Crippen MR) is 114 cm³/mol.